The van der Waals surface area contributed by atoms with Crippen LogP contribution in [0.3, 0.4) is 0 Å². The summed E-state index contributed by atoms with van der Waals surface area (Å²) in [6.07, 6.45) is -1.16. The van der Waals surface area contributed by atoms with Crippen LogP contribution in [-0.4, -0.2) is 58.0 Å². The normalized spacial score (nSPS) is 14.4. The van der Waals surface area contributed by atoms with Crippen LogP contribution in [0.15, 0.2) is 0 Å². The molecule has 0 aromatic carbocycles. The monoisotopic (exact) mass is 205 g/mol. The summed E-state index contributed by atoms with van der Waals surface area (Å²) in [5, 5.41) is 27.1. The molecule has 0 radical (unpaired) electrons. The van der Waals surface area contributed by atoms with Gasteiger partial charge in [0.1, 0.15) is 0 Å². The van der Waals surface area contributed by atoms with Gasteiger partial charge >= 0.3 is 5.97 Å². The van der Waals surface area contributed by atoms with Crippen LogP contribution < -0.4 is 0 Å². The molecule has 0 aliphatic carbocycles. The van der Waals surface area contributed by atoms with Crippen LogP contribution in [0.4, 0.5) is 0 Å². The molecular weight excluding hydrogens is 186 g/mol. The van der Waals surface area contributed by atoms with Gasteiger partial charge in [-0.3, -0.25) is 4.79 Å². The number of carboxylic acid groups (broad SMARTS) is 1. The Bertz CT molecular complexity index is 188. The summed E-state index contributed by atoms with van der Waals surface area (Å²) in [6, 6.07) is 0. The van der Waals surface area contributed by atoms with E-state index < -0.39 is 17.7 Å². The molecule has 5 nitrogen and oxygen atoms in total. The summed E-state index contributed by atoms with van der Waals surface area (Å²) in [4.78, 5) is 12.0. The van der Waals surface area contributed by atoms with Crippen molar-refractivity contribution in [2.45, 2.75) is 32.0 Å². The zero-order chi connectivity index (χ0) is 11.4. The van der Waals surface area contributed by atoms with E-state index in [0.717, 1.165) is 0 Å². The first-order chi connectivity index (χ1) is 6.20. The quantitative estimate of drug-likeness (QED) is 0.546. The second-order valence-corrected chi connectivity index (χ2v) is 4.26. The first-order valence-electron chi connectivity index (χ1n) is 4.51. The Balaban J connectivity index is 3.82. The lowest BCUT2D eigenvalue weighted by atomic mass is 10.1. The Morgan fingerprint density at radius 2 is 2.00 bits per heavy atom. The van der Waals surface area contributed by atoms with E-state index in [0.29, 0.717) is 6.54 Å². The van der Waals surface area contributed by atoms with Crippen LogP contribution >= 0.6 is 0 Å². The van der Waals surface area contributed by atoms with Crippen LogP contribution in [0.5, 0.6) is 0 Å². The van der Waals surface area contributed by atoms with Gasteiger partial charge in [-0.15, -0.1) is 0 Å². The summed E-state index contributed by atoms with van der Waals surface area (Å²) in [6.45, 7) is 3.96. The molecule has 0 rings (SSSR count). The van der Waals surface area contributed by atoms with Crippen molar-refractivity contribution in [3.05, 3.63) is 0 Å². The van der Waals surface area contributed by atoms with Crippen molar-refractivity contribution in [3.8, 4) is 0 Å². The van der Waals surface area contributed by atoms with Gasteiger partial charge < -0.3 is 20.2 Å². The fraction of sp³-hybridized carbons (Fsp3) is 0.889. The van der Waals surface area contributed by atoms with Gasteiger partial charge in [-0.2, -0.15) is 0 Å². The molecule has 14 heavy (non-hydrogen) atoms. The summed E-state index contributed by atoms with van der Waals surface area (Å²) < 4.78 is 0. The van der Waals surface area contributed by atoms with Gasteiger partial charge in [0.25, 0.3) is 0 Å². The standard InChI is InChI=1S/C9H19NO4/c1-9(2,14)6-10(3)5-7(11)4-8(12)13/h7,11,14H,4-6H2,1-3H3,(H,12,13). The Labute approximate surface area is 84.0 Å². The smallest absolute Gasteiger partial charge is 0.306 e. The first kappa shape index (κ1) is 13.4. The first-order valence-corrected chi connectivity index (χ1v) is 4.51. The topological polar surface area (TPSA) is 81.0 Å². The number of likely N-dealkylation sites (N-methyl/N-ethyl adjacent to an activating group) is 1. The van der Waals surface area contributed by atoms with E-state index in [4.69, 9.17) is 5.11 Å². The molecule has 5 heteroatoms. The van der Waals surface area contributed by atoms with Crippen molar-refractivity contribution < 1.29 is 20.1 Å². The van der Waals surface area contributed by atoms with E-state index in [2.05, 4.69) is 0 Å². The van der Waals surface area contributed by atoms with Gasteiger partial charge in [-0.1, -0.05) is 0 Å². The van der Waals surface area contributed by atoms with Crippen LogP contribution in [0.1, 0.15) is 20.3 Å². The van der Waals surface area contributed by atoms with E-state index in [1.54, 1.807) is 25.8 Å². The number of rotatable bonds is 6. The largest absolute Gasteiger partial charge is 0.481 e. The van der Waals surface area contributed by atoms with E-state index in [1.165, 1.54) is 0 Å². The minimum absolute atomic E-state index is 0.246. The third kappa shape index (κ3) is 7.97. The molecule has 0 bridgehead atoms. The Hall–Kier alpha value is -0.650. The molecule has 0 heterocycles. The Morgan fingerprint density at radius 1 is 1.50 bits per heavy atom. The molecule has 3 N–H and O–H groups in total. The van der Waals surface area contributed by atoms with Crippen LogP contribution in [-0.2, 0) is 4.79 Å². The molecule has 0 saturated heterocycles. The lowest BCUT2D eigenvalue weighted by Crippen LogP contribution is -2.40. The predicted octanol–water partition coefficient (Wildman–Crippen LogP) is -0.475. The third-order valence-corrected chi connectivity index (χ3v) is 1.59. The zero-order valence-corrected chi connectivity index (χ0v) is 8.90. The summed E-state index contributed by atoms with van der Waals surface area (Å²) >= 11 is 0. The van der Waals surface area contributed by atoms with E-state index >= 15 is 0 Å². The van der Waals surface area contributed by atoms with Crippen molar-refractivity contribution in [2.24, 2.45) is 0 Å². The van der Waals surface area contributed by atoms with Gasteiger partial charge in [0.2, 0.25) is 0 Å². The highest BCUT2D eigenvalue weighted by Crippen LogP contribution is 2.04. The molecule has 0 aliphatic rings. The summed E-state index contributed by atoms with van der Waals surface area (Å²) in [5.74, 6) is -1.02. The number of aliphatic carboxylic acids is 1. The van der Waals surface area contributed by atoms with Crippen LogP contribution in [0.25, 0.3) is 0 Å². The lowest BCUT2D eigenvalue weighted by Gasteiger charge is -2.26. The number of carboxylic acids is 1. The molecule has 0 amide bonds. The number of hydrogen-bond acceptors (Lipinski definition) is 4. The molecule has 0 aromatic heterocycles. The minimum Gasteiger partial charge on any atom is -0.481 e. The molecular formula is C9H19NO4. The van der Waals surface area contributed by atoms with Gasteiger partial charge in [0.15, 0.2) is 0 Å². The number of carbonyl (C=O) groups is 1. The molecule has 0 fully saturated rings. The Morgan fingerprint density at radius 3 is 2.36 bits per heavy atom. The van der Waals surface area contributed by atoms with Crippen LogP contribution in [0.2, 0.25) is 0 Å². The zero-order valence-electron chi connectivity index (χ0n) is 8.90. The highest BCUT2D eigenvalue weighted by Gasteiger charge is 2.18. The third-order valence-electron chi connectivity index (χ3n) is 1.59. The number of aliphatic hydroxyl groups is 2. The second kappa shape index (κ2) is 5.29. The van der Waals surface area contributed by atoms with Gasteiger partial charge in [-0.25, -0.2) is 0 Å². The summed E-state index contributed by atoms with van der Waals surface area (Å²) in [5.41, 5.74) is -0.836. The fourth-order valence-corrected chi connectivity index (χ4v) is 1.35. The highest BCUT2D eigenvalue weighted by molar-refractivity contribution is 5.67. The van der Waals surface area contributed by atoms with Crippen LogP contribution in [0, 0.1) is 0 Å². The maximum absolute atomic E-state index is 10.2. The average molecular weight is 205 g/mol. The van der Waals surface area contributed by atoms with Crippen molar-refractivity contribution >= 4 is 5.97 Å². The minimum atomic E-state index is -1.02. The Kier molecular flexibility index (Phi) is 5.04. The lowest BCUT2D eigenvalue weighted by molar-refractivity contribution is -0.139. The van der Waals surface area contributed by atoms with E-state index in [-0.39, 0.29) is 13.0 Å². The fourth-order valence-electron chi connectivity index (χ4n) is 1.35. The second-order valence-electron chi connectivity index (χ2n) is 4.26. The molecule has 1 atom stereocenters. The molecule has 0 spiro atoms. The van der Waals surface area contributed by atoms with Crippen molar-refractivity contribution in [3.63, 3.8) is 0 Å². The molecule has 84 valence electrons. The van der Waals surface area contributed by atoms with E-state index in [9.17, 15) is 15.0 Å². The number of hydrogen-bond donors (Lipinski definition) is 3. The summed E-state index contributed by atoms with van der Waals surface area (Å²) in [7, 11) is 1.73. The van der Waals surface area contributed by atoms with Crippen molar-refractivity contribution in [1.82, 2.24) is 4.90 Å². The average Bonchev–Trinajstić information content (AvgIpc) is 1.77. The van der Waals surface area contributed by atoms with Gasteiger partial charge in [0, 0.05) is 13.1 Å². The van der Waals surface area contributed by atoms with Gasteiger partial charge in [0.05, 0.1) is 18.1 Å². The number of nitrogens with zero attached hydrogens (tertiary/aromatic N) is 1. The molecule has 0 aromatic rings. The molecule has 1 unspecified atom stereocenters. The maximum atomic E-state index is 10.2. The van der Waals surface area contributed by atoms with Crippen molar-refractivity contribution in [1.29, 1.82) is 0 Å². The molecule has 0 saturated carbocycles. The van der Waals surface area contributed by atoms with Gasteiger partial charge in [-0.05, 0) is 20.9 Å². The van der Waals surface area contributed by atoms with E-state index in [1.807, 2.05) is 0 Å². The maximum Gasteiger partial charge on any atom is 0.306 e. The van der Waals surface area contributed by atoms with Crippen molar-refractivity contribution in [2.75, 3.05) is 20.1 Å². The molecule has 0 aliphatic heterocycles. The predicted molar refractivity (Wildman–Crippen MR) is 52.1 cm³/mol. The highest BCUT2D eigenvalue weighted by atomic mass is 16.4. The number of aliphatic hydroxyl groups excluding tert-OH is 1. The SMILES string of the molecule is CN(CC(O)CC(=O)O)CC(C)(C)O.